The van der Waals surface area contributed by atoms with Crippen LogP contribution in [0.2, 0.25) is 0 Å². The number of ether oxygens (including phenoxy) is 1. The van der Waals surface area contributed by atoms with Crippen molar-refractivity contribution in [2.45, 2.75) is 65.1 Å². The van der Waals surface area contributed by atoms with Gasteiger partial charge in [0.15, 0.2) is 0 Å². The van der Waals surface area contributed by atoms with Gasteiger partial charge < -0.3 is 15.2 Å². The van der Waals surface area contributed by atoms with Crippen LogP contribution in [0.15, 0.2) is 12.1 Å². The molecule has 21 heavy (non-hydrogen) atoms. The summed E-state index contributed by atoms with van der Waals surface area (Å²) in [7, 11) is 0. The molecule has 1 aromatic carbocycles. The lowest BCUT2D eigenvalue weighted by atomic mass is 10.0. The minimum absolute atomic E-state index is 0. The van der Waals surface area contributed by atoms with E-state index in [0.717, 1.165) is 18.6 Å². The number of aliphatic hydroxyl groups is 1. The van der Waals surface area contributed by atoms with E-state index < -0.39 is 6.10 Å². The Hall–Kier alpha value is -0.770. The van der Waals surface area contributed by atoms with Crippen molar-refractivity contribution < 1.29 is 9.84 Å². The van der Waals surface area contributed by atoms with E-state index in [9.17, 15) is 5.11 Å². The number of halogens is 1. The van der Waals surface area contributed by atoms with Crippen molar-refractivity contribution in [1.29, 1.82) is 0 Å². The Morgan fingerprint density at radius 2 is 1.86 bits per heavy atom. The number of aliphatic hydroxyl groups excluding tert-OH is 1. The SMILES string of the molecule is Cc1ccc(OC[C@@H](O)[C@@H](C)NC(C)C)c2c1CCC2.Cl. The van der Waals surface area contributed by atoms with Crippen LogP contribution in [0.4, 0.5) is 0 Å². The smallest absolute Gasteiger partial charge is 0.122 e. The summed E-state index contributed by atoms with van der Waals surface area (Å²) >= 11 is 0. The van der Waals surface area contributed by atoms with E-state index in [1.807, 2.05) is 13.0 Å². The maximum atomic E-state index is 10.1. The van der Waals surface area contributed by atoms with E-state index in [1.54, 1.807) is 0 Å². The number of nitrogens with one attached hydrogen (secondary N) is 1. The van der Waals surface area contributed by atoms with Gasteiger partial charge in [-0.3, -0.25) is 0 Å². The molecule has 4 heteroatoms. The van der Waals surface area contributed by atoms with Crippen molar-refractivity contribution in [2.75, 3.05) is 6.61 Å². The largest absolute Gasteiger partial charge is 0.491 e. The Labute approximate surface area is 134 Å². The fraction of sp³-hybridized carbons (Fsp3) is 0.647. The maximum Gasteiger partial charge on any atom is 0.122 e. The second kappa shape index (κ2) is 8.02. The molecule has 0 radical (unpaired) electrons. The first-order valence-corrected chi connectivity index (χ1v) is 7.67. The molecule has 1 aliphatic rings. The molecule has 0 fully saturated rings. The molecule has 0 spiro atoms. The van der Waals surface area contributed by atoms with E-state index in [1.165, 1.54) is 23.1 Å². The molecule has 2 atom stereocenters. The van der Waals surface area contributed by atoms with Gasteiger partial charge in [-0.15, -0.1) is 12.4 Å². The van der Waals surface area contributed by atoms with Crippen LogP contribution in [0.3, 0.4) is 0 Å². The highest BCUT2D eigenvalue weighted by molar-refractivity contribution is 5.85. The third-order valence-electron chi connectivity index (χ3n) is 4.06. The zero-order valence-electron chi connectivity index (χ0n) is 13.5. The first kappa shape index (κ1) is 18.3. The molecule has 0 aromatic heterocycles. The van der Waals surface area contributed by atoms with Crippen LogP contribution in [-0.2, 0) is 12.8 Å². The minimum atomic E-state index is -0.490. The summed E-state index contributed by atoms with van der Waals surface area (Å²) in [6, 6.07) is 4.57. The lowest BCUT2D eigenvalue weighted by molar-refractivity contribution is 0.0755. The van der Waals surface area contributed by atoms with Gasteiger partial charge in [0.1, 0.15) is 18.5 Å². The summed E-state index contributed by atoms with van der Waals surface area (Å²) in [4.78, 5) is 0. The number of benzene rings is 1. The van der Waals surface area contributed by atoms with Gasteiger partial charge in [-0.2, -0.15) is 0 Å². The van der Waals surface area contributed by atoms with Gasteiger partial charge >= 0.3 is 0 Å². The molecule has 0 unspecified atom stereocenters. The molecule has 0 saturated carbocycles. The van der Waals surface area contributed by atoms with Crippen LogP contribution in [0.1, 0.15) is 43.9 Å². The van der Waals surface area contributed by atoms with Crippen molar-refractivity contribution >= 4 is 12.4 Å². The van der Waals surface area contributed by atoms with E-state index >= 15 is 0 Å². The molecule has 0 bridgehead atoms. The van der Waals surface area contributed by atoms with Crippen LogP contribution in [0.5, 0.6) is 5.75 Å². The molecular weight excluding hydrogens is 286 g/mol. The van der Waals surface area contributed by atoms with Crippen molar-refractivity contribution in [3.8, 4) is 5.75 Å². The predicted octanol–water partition coefficient (Wildman–Crippen LogP) is 3.03. The number of fused-ring (bicyclic) bond motifs is 1. The Morgan fingerprint density at radius 1 is 1.19 bits per heavy atom. The van der Waals surface area contributed by atoms with Crippen LogP contribution < -0.4 is 10.1 Å². The van der Waals surface area contributed by atoms with Crippen molar-refractivity contribution in [2.24, 2.45) is 0 Å². The fourth-order valence-electron chi connectivity index (χ4n) is 2.94. The number of aryl methyl sites for hydroxylation is 1. The van der Waals surface area contributed by atoms with Crippen LogP contribution in [0, 0.1) is 6.92 Å². The summed E-state index contributed by atoms with van der Waals surface area (Å²) in [6.07, 6.45) is 2.98. The second-order valence-electron chi connectivity index (χ2n) is 6.18. The Morgan fingerprint density at radius 3 is 2.52 bits per heavy atom. The summed E-state index contributed by atoms with van der Waals surface area (Å²) in [5, 5.41) is 13.5. The van der Waals surface area contributed by atoms with Crippen LogP contribution in [0.25, 0.3) is 0 Å². The van der Waals surface area contributed by atoms with E-state index in [0.29, 0.717) is 12.6 Å². The van der Waals surface area contributed by atoms with E-state index in [-0.39, 0.29) is 18.4 Å². The molecule has 0 aliphatic heterocycles. The minimum Gasteiger partial charge on any atom is -0.491 e. The highest BCUT2D eigenvalue weighted by Gasteiger charge is 2.20. The number of hydrogen-bond donors (Lipinski definition) is 2. The summed E-state index contributed by atoms with van der Waals surface area (Å²) in [5.41, 5.74) is 4.16. The molecular formula is C17H28ClNO2. The Bertz CT molecular complexity index is 462. The van der Waals surface area contributed by atoms with E-state index in [2.05, 4.69) is 32.2 Å². The van der Waals surface area contributed by atoms with Crippen molar-refractivity contribution in [1.82, 2.24) is 5.32 Å². The third kappa shape index (κ3) is 4.60. The second-order valence-corrected chi connectivity index (χ2v) is 6.18. The molecule has 0 heterocycles. The fourth-order valence-corrected chi connectivity index (χ4v) is 2.94. The Kier molecular flexibility index (Phi) is 6.98. The normalized spacial score (nSPS) is 16.3. The molecule has 1 aromatic rings. The Balaban J connectivity index is 0.00000220. The zero-order chi connectivity index (χ0) is 14.7. The van der Waals surface area contributed by atoms with Crippen molar-refractivity contribution in [3.63, 3.8) is 0 Å². The number of rotatable bonds is 6. The average molecular weight is 314 g/mol. The van der Waals surface area contributed by atoms with Gasteiger partial charge in [0.2, 0.25) is 0 Å². The lowest BCUT2D eigenvalue weighted by Crippen LogP contribution is -2.43. The van der Waals surface area contributed by atoms with Gasteiger partial charge in [-0.05, 0) is 55.9 Å². The summed E-state index contributed by atoms with van der Waals surface area (Å²) in [5.74, 6) is 0.957. The molecule has 3 nitrogen and oxygen atoms in total. The molecule has 120 valence electrons. The van der Waals surface area contributed by atoms with E-state index in [4.69, 9.17) is 4.74 Å². The summed E-state index contributed by atoms with van der Waals surface area (Å²) < 4.78 is 5.88. The predicted molar refractivity (Wildman–Crippen MR) is 89.7 cm³/mol. The highest BCUT2D eigenvalue weighted by atomic mass is 35.5. The molecule has 2 N–H and O–H groups in total. The molecule has 1 aliphatic carbocycles. The molecule has 2 rings (SSSR count). The number of hydrogen-bond acceptors (Lipinski definition) is 3. The third-order valence-corrected chi connectivity index (χ3v) is 4.06. The maximum absolute atomic E-state index is 10.1. The van der Waals surface area contributed by atoms with Gasteiger partial charge in [-0.25, -0.2) is 0 Å². The zero-order valence-corrected chi connectivity index (χ0v) is 14.3. The van der Waals surface area contributed by atoms with Gasteiger partial charge in [0.05, 0.1) is 0 Å². The monoisotopic (exact) mass is 313 g/mol. The van der Waals surface area contributed by atoms with Crippen LogP contribution >= 0.6 is 12.4 Å². The van der Waals surface area contributed by atoms with Gasteiger partial charge in [0.25, 0.3) is 0 Å². The highest BCUT2D eigenvalue weighted by Crippen LogP contribution is 2.33. The molecule has 0 saturated heterocycles. The van der Waals surface area contributed by atoms with Gasteiger partial charge in [-0.1, -0.05) is 19.9 Å². The van der Waals surface area contributed by atoms with Gasteiger partial charge in [0, 0.05) is 12.1 Å². The lowest BCUT2D eigenvalue weighted by Gasteiger charge is -2.23. The average Bonchev–Trinajstić information content (AvgIpc) is 2.87. The molecule has 0 amide bonds. The quantitative estimate of drug-likeness (QED) is 0.848. The standard InChI is InChI=1S/C17H27NO2.ClH/c1-11(2)18-13(4)16(19)10-20-17-9-8-12(3)14-6-5-7-15(14)17;/h8-9,11,13,16,18-19H,5-7,10H2,1-4H3;1H/t13-,16-;/m1./s1. The summed E-state index contributed by atoms with van der Waals surface area (Å²) in [6.45, 7) is 8.66. The van der Waals surface area contributed by atoms with Crippen molar-refractivity contribution in [3.05, 3.63) is 28.8 Å². The topological polar surface area (TPSA) is 41.5 Å². The first-order valence-electron chi connectivity index (χ1n) is 7.67. The van der Waals surface area contributed by atoms with Crippen LogP contribution in [-0.4, -0.2) is 29.9 Å². The first-order chi connectivity index (χ1) is 9.49.